The van der Waals surface area contributed by atoms with E-state index in [2.05, 4.69) is 51.6 Å². The highest BCUT2D eigenvalue weighted by Gasteiger charge is 2.34. The first-order chi connectivity index (χ1) is 7.53. The zero-order valence-electron chi connectivity index (χ0n) is 10.2. The Morgan fingerprint density at radius 2 is 2.25 bits per heavy atom. The molecule has 5 heteroatoms. The van der Waals surface area contributed by atoms with Crippen LogP contribution in [-0.4, -0.2) is 64.3 Å². The van der Waals surface area contributed by atoms with Gasteiger partial charge in [-0.3, -0.25) is 9.89 Å². The first kappa shape index (κ1) is 12.7. The minimum absolute atomic E-state index is 0.258. The van der Waals surface area contributed by atoms with E-state index in [4.69, 9.17) is 0 Å². The Balaban J connectivity index is 1.97. The predicted octanol–water partition coefficient (Wildman–Crippen LogP) is 1.88. The molecule has 1 fully saturated rings. The number of likely N-dealkylation sites (N-methyl/N-ethyl adjacent to an activating group) is 1. The third kappa shape index (κ3) is 2.57. The highest BCUT2D eigenvalue weighted by atomic mass is 79.9. The number of thioether (sulfide) groups is 1. The minimum atomic E-state index is 0.258. The van der Waals surface area contributed by atoms with Crippen LogP contribution in [0.4, 0.5) is 0 Å². The SMILES string of the molecule is CN1CCN(C2=NCC(CBr)S2)CC1(C)C. The Kier molecular flexibility index (Phi) is 3.86. The van der Waals surface area contributed by atoms with E-state index in [0.717, 1.165) is 31.5 Å². The third-order valence-electron chi connectivity index (χ3n) is 3.46. The van der Waals surface area contributed by atoms with E-state index in [0.29, 0.717) is 5.25 Å². The second-order valence-electron chi connectivity index (χ2n) is 5.17. The first-order valence-corrected chi connectivity index (χ1v) is 7.76. The van der Waals surface area contributed by atoms with Gasteiger partial charge in [-0.05, 0) is 20.9 Å². The van der Waals surface area contributed by atoms with Gasteiger partial charge in [0.25, 0.3) is 0 Å². The molecule has 2 aliphatic rings. The maximum Gasteiger partial charge on any atom is 0.159 e. The van der Waals surface area contributed by atoms with Crippen molar-refractivity contribution in [3.8, 4) is 0 Å². The highest BCUT2D eigenvalue weighted by molar-refractivity contribution is 9.09. The average molecular weight is 306 g/mol. The van der Waals surface area contributed by atoms with Gasteiger partial charge in [0.1, 0.15) is 0 Å². The van der Waals surface area contributed by atoms with Gasteiger partial charge >= 0.3 is 0 Å². The van der Waals surface area contributed by atoms with E-state index in [9.17, 15) is 0 Å². The standard InChI is InChI=1S/C11H20BrN3S/c1-11(2)8-15(5-4-14(11)3)10-13-7-9(6-12)16-10/h9H,4-8H2,1-3H3. The second kappa shape index (κ2) is 4.86. The Morgan fingerprint density at radius 1 is 1.50 bits per heavy atom. The van der Waals surface area contributed by atoms with Crippen molar-refractivity contribution >= 4 is 32.9 Å². The number of hydrogen-bond donors (Lipinski definition) is 0. The van der Waals surface area contributed by atoms with E-state index in [1.807, 2.05) is 11.8 Å². The van der Waals surface area contributed by atoms with E-state index < -0.39 is 0 Å². The van der Waals surface area contributed by atoms with Crippen molar-refractivity contribution in [2.24, 2.45) is 4.99 Å². The molecule has 1 atom stereocenters. The van der Waals surface area contributed by atoms with Crippen molar-refractivity contribution in [2.45, 2.75) is 24.6 Å². The molecule has 92 valence electrons. The van der Waals surface area contributed by atoms with Crippen LogP contribution in [0.3, 0.4) is 0 Å². The fourth-order valence-electron chi connectivity index (χ4n) is 2.06. The lowest BCUT2D eigenvalue weighted by atomic mass is 10.0. The Hall–Kier alpha value is 0.260. The van der Waals surface area contributed by atoms with Crippen molar-refractivity contribution in [2.75, 3.05) is 38.6 Å². The van der Waals surface area contributed by atoms with Crippen LogP contribution in [0.2, 0.25) is 0 Å². The Bertz CT molecular complexity index is 293. The molecule has 0 radical (unpaired) electrons. The molecular weight excluding hydrogens is 286 g/mol. The fraction of sp³-hybridized carbons (Fsp3) is 0.909. The smallest absolute Gasteiger partial charge is 0.159 e. The highest BCUT2D eigenvalue weighted by Crippen LogP contribution is 2.28. The predicted molar refractivity (Wildman–Crippen MR) is 75.8 cm³/mol. The van der Waals surface area contributed by atoms with Gasteiger partial charge in [0.2, 0.25) is 0 Å². The van der Waals surface area contributed by atoms with Crippen molar-refractivity contribution in [3.05, 3.63) is 0 Å². The van der Waals surface area contributed by atoms with Crippen LogP contribution in [0.1, 0.15) is 13.8 Å². The van der Waals surface area contributed by atoms with Crippen LogP contribution in [0.5, 0.6) is 0 Å². The lowest BCUT2D eigenvalue weighted by Gasteiger charge is -2.45. The Morgan fingerprint density at radius 3 is 2.81 bits per heavy atom. The number of aliphatic imine (C=N–C) groups is 1. The minimum Gasteiger partial charge on any atom is -0.348 e. The second-order valence-corrected chi connectivity index (χ2v) is 7.09. The molecule has 16 heavy (non-hydrogen) atoms. The van der Waals surface area contributed by atoms with Crippen LogP contribution < -0.4 is 0 Å². The van der Waals surface area contributed by atoms with Gasteiger partial charge in [0.05, 0.1) is 6.54 Å². The number of hydrogen-bond acceptors (Lipinski definition) is 4. The molecule has 0 N–H and O–H groups in total. The molecule has 2 rings (SSSR count). The van der Waals surface area contributed by atoms with Gasteiger partial charge in [-0.1, -0.05) is 27.7 Å². The number of halogens is 1. The van der Waals surface area contributed by atoms with Crippen molar-refractivity contribution in [1.82, 2.24) is 9.80 Å². The maximum atomic E-state index is 4.66. The summed E-state index contributed by atoms with van der Waals surface area (Å²) in [6, 6.07) is 0. The summed E-state index contributed by atoms with van der Waals surface area (Å²) in [6.07, 6.45) is 0. The van der Waals surface area contributed by atoms with E-state index in [1.165, 1.54) is 5.17 Å². The third-order valence-corrected chi connectivity index (χ3v) is 5.92. The summed E-state index contributed by atoms with van der Waals surface area (Å²) in [5, 5.41) is 2.94. The summed E-state index contributed by atoms with van der Waals surface area (Å²) in [6.45, 7) is 8.91. The molecule has 3 nitrogen and oxygen atoms in total. The fourth-order valence-corrected chi connectivity index (χ4v) is 3.63. The summed E-state index contributed by atoms with van der Waals surface area (Å²) < 4.78 is 0. The topological polar surface area (TPSA) is 18.8 Å². The molecule has 1 saturated heterocycles. The van der Waals surface area contributed by atoms with Gasteiger partial charge in [0.15, 0.2) is 5.17 Å². The summed E-state index contributed by atoms with van der Waals surface area (Å²) in [5.74, 6) is 0. The number of piperazine rings is 1. The maximum absolute atomic E-state index is 4.66. The van der Waals surface area contributed by atoms with Gasteiger partial charge < -0.3 is 4.90 Å². The molecule has 1 unspecified atom stereocenters. The molecule has 2 heterocycles. The molecule has 0 saturated carbocycles. The van der Waals surface area contributed by atoms with E-state index in [-0.39, 0.29) is 5.54 Å². The summed E-state index contributed by atoms with van der Waals surface area (Å²) >= 11 is 5.47. The van der Waals surface area contributed by atoms with Crippen LogP contribution >= 0.6 is 27.7 Å². The van der Waals surface area contributed by atoms with Crippen LogP contribution in [0.25, 0.3) is 0 Å². The largest absolute Gasteiger partial charge is 0.348 e. The lowest BCUT2D eigenvalue weighted by Crippen LogP contribution is -2.58. The van der Waals surface area contributed by atoms with Crippen molar-refractivity contribution in [1.29, 1.82) is 0 Å². The number of nitrogens with zero attached hydrogens (tertiary/aromatic N) is 3. The molecule has 0 bridgehead atoms. The number of rotatable bonds is 1. The zero-order valence-corrected chi connectivity index (χ0v) is 12.6. The molecule has 0 aliphatic carbocycles. The van der Waals surface area contributed by atoms with Crippen LogP contribution in [0.15, 0.2) is 4.99 Å². The molecular formula is C11H20BrN3S. The van der Waals surface area contributed by atoms with Crippen LogP contribution in [-0.2, 0) is 0 Å². The Labute approximate surface area is 111 Å². The summed E-state index contributed by atoms with van der Waals surface area (Å²) in [4.78, 5) is 9.55. The molecule has 0 spiro atoms. The molecule has 0 aromatic carbocycles. The lowest BCUT2D eigenvalue weighted by molar-refractivity contribution is 0.0759. The molecule has 0 aromatic heterocycles. The van der Waals surface area contributed by atoms with Gasteiger partial charge in [-0.25, -0.2) is 0 Å². The van der Waals surface area contributed by atoms with Gasteiger partial charge in [-0.2, -0.15) is 0 Å². The van der Waals surface area contributed by atoms with E-state index >= 15 is 0 Å². The van der Waals surface area contributed by atoms with Gasteiger partial charge in [0, 0.05) is 35.8 Å². The normalized spacial score (nSPS) is 30.6. The quantitative estimate of drug-likeness (QED) is 0.689. The van der Waals surface area contributed by atoms with Gasteiger partial charge in [-0.15, -0.1) is 0 Å². The molecule has 2 aliphatic heterocycles. The van der Waals surface area contributed by atoms with E-state index in [1.54, 1.807) is 0 Å². The van der Waals surface area contributed by atoms with Crippen LogP contribution in [0, 0.1) is 0 Å². The number of amidine groups is 1. The average Bonchev–Trinajstić information content (AvgIpc) is 2.70. The van der Waals surface area contributed by atoms with Crippen molar-refractivity contribution in [3.63, 3.8) is 0 Å². The monoisotopic (exact) mass is 305 g/mol. The summed E-state index contributed by atoms with van der Waals surface area (Å²) in [7, 11) is 2.21. The molecule has 0 aromatic rings. The molecule has 0 amide bonds. The first-order valence-electron chi connectivity index (χ1n) is 5.76. The summed E-state index contributed by atoms with van der Waals surface area (Å²) in [5.41, 5.74) is 0.258. The van der Waals surface area contributed by atoms with Crippen molar-refractivity contribution < 1.29 is 0 Å². The zero-order chi connectivity index (χ0) is 11.8. The number of alkyl halides is 1.